The standard InChI is InChI=1S/C20H31ClN4O3/c1-20(2,25-6-8-26-9-7-25)14-24-19(22-3)23-5-4-15-12-16(21)18-17(13-15)27-10-11-28-18/h12-13H,4-11,14H2,1-3H3,(H2,22,23,24). The van der Waals surface area contributed by atoms with E-state index in [1.165, 1.54) is 0 Å². The number of guanidine groups is 1. The number of nitrogens with one attached hydrogen (secondary N) is 2. The molecule has 7 nitrogen and oxygen atoms in total. The van der Waals surface area contributed by atoms with Crippen LogP contribution in [0.3, 0.4) is 0 Å². The molecule has 0 amide bonds. The zero-order valence-corrected chi connectivity index (χ0v) is 17.8. The SMILES string of the molecule is CN=C(NCCc1cc(Cl)c2c(c1)OCCO2)NCC(C)(C)N1CCOCC1. The molecule has 1 fully saturated rings. The van der Waals surface area contributed by atoms with Crippen molar-refractivity contribution in [3.8, 4) is 11.5 Å². The van der Waals surface area contributed by atoms with Crippen molar-refractivity contribution in [1.29, 1.82) is 0 Å². The van der Waals surface area contributed by atoms with Crippen LogP contribution in [0.4, 0.5) is 0 Å². The van der Waals surface area contributed by atoms with E-state index >= 15 is 0 Å². The molecule has 0 spiro atoms. The molecule has 8 heteroatoms. The molecule has 1 saturated heterocycles. The quantitative estimate of drug-likeness (QED) is 0.551. The van der Waals surface area contributed by atoms with Crippen LogP contribution in [0.25, 0.3) is 0 Å². The summed E-state index contributed by atoms with van der Waals surface area (Å²) in [6.07, 6.45) is 0.809. The predicted molar refractivity (Wildman–Crippen MR) is 112 cm³/mol. The summed E-state index contributed by atoms with van der Waals surface area (Å²) >= 11 is 6.31. The van der Waals surface area contributed by atoms with Crippen molar-refractivity contribution in [2.24, 2.45) is 4.99 Å². The molecule has 2 aliphatic rings. The van der Waals surface area contributed by atoms with Gasteiger partial charge in [-0.25, -0.2) is 0 Å². The Morgan fingerprint density at radius 2 is 1.89 bits per heavy atom. The van der Waals surface area contributed by atoms with Gasteiger partial charge in [0, 0.05) is 38.8 Å². The fourth-order valence-corrected chi connectivity index (χ4v) is 3.72. The molecule has 0 atom stereocenters. The average Bonchev–Trinajstić information content (AvgIpc) is 2.71. The van der Waals surface area contributed by atoms with Gasteiger partial charge in [-0.1, -0.05) is 11.6 Å². The summed E-state index contributed by atoms with van der Waals surface area (Å²) in [6, 6.07) is 3.94. The molecule has 0 aliphatic carbocycles. The first-order chi connectivity index (χ1) is 13.5. The van der Waals surface area contributed by atoms with Gasteiger partial charge in [0.2, 0.25) is 0 Å². The number of nitrogens with zero attached hydrogens (tertiary/aromatic N) is 2. The molecule has 2 aliphatic heterocycles. The van der Waals surface area contributed by atoms with E-state index in [1.807, 2.05) is 12.1 Å². The van der Waals surface area contributed by atoms with E-state index in [0.717, 1.165) is 63.1 Å². The lowest BCUT2D eigenvalue weighted by Crippen LogP contribution is -2.56. The highest BCUT2D eigenvalue weighted by Crippen LogP contribution is 2.38. The molecular weight excluding hydrogens is 380 g/mol. The maximum atomic E-state index is 6.31. The van der Waals surface area contributed by atoms with E-state index in [0.29, 0.717) is 24.0 Å². The monoisotopic (exact) mass is 410 g/mol. The Bertz CT molecular complexity index is 690. The third kappa shape index (κ3) is 5.43. The third-order valence-electron chi connectivity index (χ3n) is 5.14. The van der Waals surface area contributed by atoms with Crippen LogP contribution in [0.2, 0.25) is 5.02 Å². The van der Waals surface area contributed by atoms with Crippen molar-refractivity contribution in [1.82, 2.24) is 15.5 Å². The van der Waals surface area contributed by atoms with Crippen molar-refractivity contribution in [3.63, 3.8) is 0 Å². The third-order valence-corrected chi connectivity index (χ3v) is 5.42. The highest BCUT2D eigenvalue weighted by molar-refractivity contribution is 6.32. The number of hydrogen-bond acceptors (Lipinski definition) is 5. The second-order valence-electron chi connectivity index (χ2n) is 7.62. The lowest BCUT2D eigenvalue weighted by molar-refractivity contribution is -0.00833. The highest BCUT2D eigenvalue weighted by Gasteiger charge is 2.28. The predicted octanol–water partition coefficient (Wildman–Crippen LogP) is 1.93. The fourth-order valence-electron chi connectivity index (χ4n) is 3.43. The Labute approximate surface area is 172 Å². The number of fused-ring (bicyclic) bond motifs is 1. The normalized spacial score (nSPS) is 18.1. The van der Waals surface area contributed by atoms with Crippen LogP contribution < -0.4 is 20.1 Å². The van der Waals surface area contributed by atoms with Crippen LogP contribution >= 0.6 is 11.6 Å². The van der Waals surface area contributed by atoms with E-state index in [-0.39, 0.29) is 5.54 Å². The van der Waals surface area contributed by atoms with Crippen LogP contribution in [-0.2, 0) is 11.2 Å². The van der Waals surface area contributed by atoms with Gasteiger partial charge in [0.15, 0.2) is 17.5 Å². The molecule has 0 aromatic heterocycles. The van der Waals surface area contributed by atoms with Crippen LogP contribution in [0.5, 0.6) is 11.5 Å². The Hall–Kier alpha value is -1.70. The first-order valence-corrected chi connectivity index (χ1v) is 10.2. The van der Waals surface area contributed by atoms with Gasteiger partial charge >= 0.3 is 0 Å². The van der Waals surface area contributed by atoms with Gasteiger partial charge in [0.25, 0.3) is 0 Å². The summed E-state index contributed by atoms with van der Waals surface area (Å²) in [5.74, 6) is 2.17. The van der Waals surface area contributed by atoms with Crippen LogP contribution in [0.15, 0.2) is 17.1 Å². The van der Waals surface area contributed by atoms with Gasteiger partial charge in [-0.2, -0.15) is 0 Å². The molecule has 1 aromatic carbocycles. The number of halogens is 1. The summed E-state index contributed by atoms with van der Waals surface area (Å²) in [6.45, 7) is 10.7. The van der Waals surface area contributed by atoms with Crippen LogP contribution in [0.1, 0.15) is 19.4 Å². The van der Waals surface area contributed by atoms with Gasteiger partial charge in [-0.15, -0.1) is 0 Å². The van der Waals surface area contributed by atoms with Crippen molar-refractivity contribution >= 4 is 17.6 Å². The maximum absolute atomic E-state index is 6.31. The molecule has 3 rings (SSSR count). The van der Waals surface area contributed by atoms with Gasteiger partial charge in [0.1, 0.15) is 13.2 Å². The molecule has 2 heterocycles. The van der Waals surface area contributed by atoms with E-state index in [9.17, 15) is 0 Å². The zero-order valence-electron chi connectivity index (χ0n) is 17.0. The fraction of sp³-hybridized carbons (Fsp3) is 0.650. The van der Waals surface area contributed by atoms with Crippen molar-refractivity contribution in [2.75, 3.05) is 59.7 Å². The van der Waals surface area contributed by atoms with E-state index < -0.39 is 0 Å². The molecule has 0 saturated carbocycles. The van der Waals surface area contributed by atoms with Crippen molar-refractivity contribution in [2.45, 2.75) is 25.8 Å². The van der Waals surface area contributed by atoms with E-state index in [1.54, 1.807) is 7.05 Å². The van der Waals surface area contributed by atoms with Crippen LogP contribution in [-0.4, -0.2) is 76.1 Å². The van der Waals surface area contributed by atoms with Gasteiger partial charge in [-0.05, 0) is 38.0 Å². The lowest BCUT2D eigenvalue weighted by Gasteiger charge is -2.41. The molecule has 0 bridgehead atoms. The Kier molecular flexibility index (Phi) is 7.26. The summed E-state index contributed by atoms with van der Waals surface area (Å²) in [5, 5.41) is 7.41. The lowest BCUT2D eigenvalue weighted by atomic mass is 10.0. The summed E-state index contributed by atoms with van der Waals surface area (Å²) in [4.78, 5) is 6.79. The second kappa shape index (κ2) is 9.67. The Balaban J connectivity index is 1.47. The zero-order chi connectivity index (χ0) is 20.0. The number of aliphatic imine (C=N–C) groups is 1. The molecule has 28 heavy (non-hydrogen) atoms. The molecule has 0 unspecified atom stereocenters. The topological polar surface area (TPSA) is 67.4 Å². The first kappa shape index (κ1) is 21.0. The molecule has 156 valence electrons. The summed E-state index contributed by atoms with van der Waals surface area (Å²) < 4.78 is 16.7. The number of hydrogen-bond donors (Lipinski definition) is 2. The minimum Gasteiger partial charge on any atom is -0.486 e. The Morgan fingerprint density at radius 3 is 2.64 bits per heavy atom. The largest absolute Gasteiger partial charge is 0.486 e. The minimum atomic E-state index is 0.0325. The van der Waals surface area contributed by atoms with E-state index in [2.05, 4.69) is 34.4 Å². The number of morpholine rings is 1. The average molecular weight is 411 g/mol. The van der Waals surface area contributed by atoms with Gasteiger partial charge < -0.3 is 24.8 Å². The smallest absolute Gasteiger partial charge is 0.191 e. The maximum Gasteiger partial charge on any atom is 0.191 e. The van der Waals surface area contributed by atoms with Crippen molar-refractivity contribution in [3.05, 3.63) is 22.7 Å². The minimum absolute atomic E-state index is 0.0325. The number of ether oxygens (including phenoxy) is 3. The van der Waals surface area contributed by atoms with Crippen LogP contribution in [0, 0.1) is 0 Å². The highest BCUT2D eigenvalue weighted by atomic mass is 35.5. The molecule has 0 radical (unpaired) electrons. The van der Waals surface area contributed by atoms with Crippen molar-refractivity contribution < 1.29 is 14.2 Å². The van der Waals surface area contributed by atoms with E-state index in [4.69, 9.17) is 25.8 Å². The summed E-state index contributed by atoms with van der Waals surface area (Å²) in [7, 11) is 1.79. The summed E-state index contributed by atoms with van der Waals surface area (Å²) in [5.41, 5.74) is 1.14. The Morgan fingerprint density at radius 1 is 1.14 bits per heavy atom. The number of rotatable bonds is 6. The van der Waals surface area contributed by atoms with Gasteiger partial charge in [-0.3, -0.25) is 9.89 Å². The molecular formula is C20H31ClN4O3. The molecule has 2 N–H and O–H groups in total. The number of benzene rings is 1. The molecule has 1 aromatic rings. The van der Waals surface area contributed by atoms with Gasteiger partial charge in [0.05, 0.1) is 18.2 Å². The second-order valence-corrected chi connectivity index (χ2v) is 8.02. The first-order valence-electron chi connectivity index (χ1n) is 9.85.